The van der Waals surface area contributed by atoms with E-state index in [1.165, 1.54) is 17.9 Å². The quantitative estimate of drug-likeness (QED) is 0.630. The van der Waals surface area contributed by atoms with Gasteiger partial charge in [-0.15, -0.1) is 0 Å². The molecule has 0 saturated carbocycles. The number of esters is 1. The number of anilines is 1. The molecule has 1 aliphatic heterocycles. The Balaban J connectivity index is 1.86. The summed E-state index contributed by atoms with van der Waals surface area (Å²) in [7, 11) is 0. The van der Waals surface area contributed by atoms with Crippen molar-refractivity contribution in [1.82, 2.24) is 0 Å². The van der Waals surface area contributed by atoms with Crippen LogP contribution in [0.1, 0.15) is 27.6 Å². The van der Waals surface area contributed by atoms with Gasteiger partial charge < -0.3 is 9.64 Å². The summed E-state index contributed by atoms with van der Waals surface area (Å²) < 4.78 is 5.28. The van der Waals surface area contributed by atoms with Crippen LogP contribution in [0.3, 0.4) is 0 Å². The molecule has 0 unspecified atom stereocenters. The lowest BCUT2D eigenvalue weighted by atomic mass is 10.1. The molecule has 1 heterocycles. The molecule has 2 aromatic rings. The fourth-order valence-corrected chi connectivity index (χ4v) is 2.37. The second-order valence-corrected chi connectivity index (χ2v) is 4.96. The van der Waals surface area contributed by atoms with Gasteiger partial charge in [-0.1, -0.05) is 18.2 Å². The van der Waals surface area contributed by atoms with Crippen LogP contribution in [0.15, 0.2) is 48.5 Å². The summed E-state index contributed by atoms with van der Waals surface area (Å²) >= 11 is 0. The number of Topliss-reactive ketones (excluding diaryl/α,β-unsaturated/α-hetero) is 1. The van der Waals surface area contributed by atoms with Crippen molar-refractivity contribution in [2.24, 2.45) is 0 Å². The van der Waals surface area contributed by atoms with Crippen LogP contribution in [0, 0.1) is 0 Å². The highest BCUT2D eigenvalue weighted by molar-refractivity contribution is 6.15. The number of hydrogen-bond acceptors (Lipinski definition) is 4. The molecule has 0 saturated heterocycles. The Bertz CT molecular complexity index is 767. The van der Waals surface area contributed by atoms with Gasteiger partial charge in [0.25, 0.3) is 0 Å². The third-order valence-electron chi connectivity index (χ3n) is 3.46. The first-order valence-corrected chi connectivity index (χ1v) is 6.79. The number of benzene rings is 2. The lowest BCUT2D eigenvalue weighted by molar-refractivity contribution is -0.116. The summed E-state index contributed by atoms with van der Waals surface area (Å²) in [6, 6.07) is 13.3. The minimum absolute atomic E-state index is 0.0285. The fourth-order valence-electron chi connectivity index (χ4n) is 2.37. The first-order chi connectivity index (χ1) is 10.6. The molecule has 110 valence electrons. The Labute approximate surface area is 127 Å². The summed E-state index contributed by atoms with van der Waals surface area (Å²) in [6.45, 7) is 1.44. The van der Waals surface area contributed by atoms with E-state index in [9.17, 15) is 14.4 Å². The van der Waals surface area contributed by atoms with Gasteiger partial charge in [-0.2, -0.15) is 0 Å². The van der Waals surface area contributed by atoms with E-state index in [-0.39, 0.29) is 24.0 Å². The molecular weight excluding hydrogens is 282 g/mol. The fraction of sp³-hybridized carbons (Fsp3) is 0.118. The van der Waals surface area contributed by atoms with E-state index in [1.807, 2.05) is 0 Å². The summed E-state index contributed by atoms with van der Waals surface area (Å²) in [4.78, 5) is 36.8. The van der Waals surface area contributed by atoms with E-state index < -0.39 is 5.97 Å². The molecule has 2 aromatic carbocycles. The molecule has 22 heavy (non-hydrogen) atoms. The van der Waals surface area contributed by atoms with Gasteiger partial charge in [-0.05, 0) is 30.3 Å². The van der Waals surface area contributed by atoms with Gasteiger partial charge in [0, 0.05) is 12.5 Å². The van der Waals surface area contributed by atoms with E-state index in [2.05, 4.69) is 0 Å². The molecule has 0 fully saturated rings. The summed E-state index contributed by atoms with van der Waals surface area (Å²) in [5.74, 6) is -0.565. The summed E-state index contributed by atoms with van der Waals surface area (Å²) in [5, 5.41) is 0. The van der Waals surface area contributed by atoms with Gasteiger partial charge in [-0.25, -0.2) is 4.79 Å². The van der Waals surface area contributed by atoms with Crippen molar-refractivity contribution in [3.8, 4) is 5.75 Å². The molecule has 0 aromatic heterocycles. The highest BCUT2D eigenvalue weighted by atomic mass is 16.5. The molecule has 5 heteroatoms. The van der Waals surface area contributed by atoms with E-state index in [1.54, 1.807) is 42.5 Å². The minimum atomic E-state index is -0.491. The van der Waals surface area contributed by atoms with Gasteiger partial charge >= 0.3 is 5.97 Å². The van der Waals surface area contributed by atoms with Crippen LogP contribution in [0.2, 0.25) is 0 Å². The Kier molecular flexibility index (Phi) is 3.47. The van der Waals surface area contributed by atoms with Crippen molar-refractivity contribution >= 4 is 23.3 Å². The van der Waals surface area contributed by atoms with Gasteiger partial charge in [-0.3, -0.25) is 9.59 Å². The lowest BCUT2D eigenvalue weighted by Crippen LogP contribution is -2.27. The van der Waals surface area contributed by atoms with Crippen molar-refractivity contribution in [3.63, 3.8) is 0 Å². The second kappa shape index (κ2) is 5.44. The van der Waals surface area contributed by atoms with E-state index >= 15 is 0 Å². The SMILES string of the molecule is CC(=O)N1CC(=O)c2cc(OC(=O)c3ccccc3)ccc21. The Hall–Kier alpha value is -2.95. The molecule has 0 N–H and O–H groups in total. The Morgan fingerprint density at radius 3 is 2.50 bits per heavy atom. The molecule has 0 spiro atoms. The molecule has 0 bridgehead atoms. The number of carbonyl (C=O) groups excluding carboxylic acids is 3. The number of amides is 1. The average Bonchev–Trinajstić information content (AvgIpc) is 2.85. The highest BCUT2D eigenvalue weighted by Crippen LogP contribution is 2.31. The molecular formula is C17H13NO4. The van der Waals surface area contributed by atoms with Gasteiger partial charge in [0.2, 0.25) is 5.91 Å². The third-order valence-corrected chi connectivity index (χ3v) is 3.46. The number of carbonyl (C=O) groups is 3. The minimum Gasteiger partial charge on any atom is -0.423 e. The number of ether oxygens (including phenoxy) is 1. The molecule has 3 rings (SSSR count). The Morgan fingerprint density at radius 1 is 1.09 bits per heavy atom. The maximum absolute atomic E-state index is 12.0. The second-order valence-electron chi connectivity index (χ2n) is 4.96. The summed E-state index contributed by atoms with van der Waals surface area (Å²) in [5.41, 5.74) is 1.38. The maximum atomic E-state index is 12.0. The number of hydrogen-bond donors (Lipinski definition) is 0. The predicted molar refractivity (Wildman–Crippen MR) is 80.2 cm³/mol. The smallest absolute Gasteiger partial charge is 0.343 e. The van der Waals surface area contributed by atoms with Gasteiger partial charge in [0.15, 0.2) is 5.78 Å². The van der Waals surface area contributed by atoms with Gasteiger partial charge in [0.1, 0.15) is 5.75 Å². The first kappa shape index (κ1) is 14.0. The monoisotopic (exact) mass is 295 g/mol. The van der Waals surface area contributed by atoms with Crippen LogP contribution in [-0.2, 0) is 4.79 Å². The zero-order chi connectivity index (χ0) is 15.7. The number of nitrogens with zero attached hydrogens (tertiary/aromatic N) is 1. The highest BCUT2D eigenvalue weighted by Gasteiger charge is 2.29. The standard InChI is InChI=1S/C17H13NO4/c1-11(19)18-10-16(20)14-9-13(7-8-15(14)18)22-17(21)12-5-3-2-4-6-12/h2-9H,10H2,1H3. The zero-order valence-electron chi connectivity index (χ0n) is 11.9. The largest absolute Gasteiger partial charge is 0.423 e. The number of rotatable bonds is 2. The van der Waals surface area contributed by atoms with E-state index in [0.717, 1.165) is 0 Å². The molecule has 5 nitrogen and oxygen atoms in total. The van der Waals surface area contributed by atoms with Gasteiger partial charge in [0.05, 0.1) is 17.8 Å². The van der Waals surface area contributed by atoms with Crippen LogP contribution >= 0.6 is 0 Å². The summed E-state index contributed by atoms with van der Waals surface area (Å²) in [6.07, 6.45) is 0. The first-order valence-electron chi connectivity index (χ1n) is 6.79. The molecule has 0 atom stereocenters. The molecule has 0 radical (unpaired) electrons. The van der Waals surface area contributed by atoms with Crippen molar-refractivity contribution in [3.05, 3.63) is 59.7 Å². The van der Waals surface area contributed by atoms with Crippen LogP contribution in [-0.4, -0.2) is 24.2 Å². The van der Waals surface area contributed by atoms with E-state index in [0.29, 0.717) is 16.8 Å². The number of fused-ring (bicyclic) bond motifs is 1. The number of ketones is 1. The average molecular weight is 295 g/mol. The molecule has 0 aliphatic carbocycles. The van der Waals surface area contributed by atoms with Crippen molar-refractivity contribution in [2.75, 3.05) is 11.4 Å². The molecule has 1 amide bonds. The maximum Gasteiger partial charge on any atom is 0.343 e. The van der Waals surface area contributed by atoms with Crippen LogP contribution < -0.4 is 9.64 Å². The van der Waals surface area contributed by atoms with E-state index in [4.69, 9.17) is 4.74 Å². The zero-order valence-corrected chi connectivity index (χ0v) is 11.9. The van der Waals surface area contributed by atoms with Crippen molar-refractivity contribution in [2.45, 2.75) is 6.92 Å². The van der Waals surface area contributed by atoms with Crippen LogP contribution in [0.5, 0.6) is 5.75 Å². The lowest BCUT2D eigenvalue weighted by Gasteiger charge is -2.13. The van der Waals surface area contributed by atoms with Crippen molar-refractivity contribution in [1.29, 1.82) is 0 Å². The normalized spacial score (nSPS) is 13.0. The predicted octanol–water partition coefficient (Wildman–Crippen LogP) is 2.46. The van der Waals surface area contributed by atoms with Crippen LogP contribution in [0.4, 0.5) is 5.69 Å². The topological polar surface area (TPSA) is 63.7 Å². The third kappa shape index (κ3) is 2.48. The van der Waals surface area contributed by atoms with Crippen LogP contribution in [0.25, 0.3) is 0 Å². The Morgan fingerprint density at radius 2 is 1.82 bits per heavy atom. The van der Waals surface area contributed by atoms with Crippen molar-refractivity contribution < 1.29 is 19.1 Å². The molecule has 1 aliphatic rings.